The lowest BCUT2D eigenvalue weighted by Gasteiger charge is -2.06. The highest BCUT2D eigenvalue weighted by atomic mass is 32.2. The van der Waals surface area contributed by atoms with Crippen molar-refractivity contribution >= 4 is 20.8 Å². The van der Waals surface area contributed by atoms with E-state index >= 15 is 0 Å². The SMILES string of the molecule is Cc1noc(CNS(=O)(=O)c2ccc3ccccc3c2)n1. The number of rotatable bonds is 4. The average Bonchev–Trinajstić information content (AvgIpc) is 2.90. The molecular formula is C14H13N3O3S. The first kappa shape index (κ1) is 13.7. The number of sulfonamides is 1. The minimum atomic E-state index is -3.62. The van der Waals surface area contributed by atoms with Gasteiger partial charge in [0.05, 0.1) is 11.4 Å². The lowest BCUT2D eigenvalue weighted by Crippen LogP contribution is -2.23. The van der Waals surface area contributed by atoms with Gasteiger partial charge in [0.2, 0.25) is 15.9 Å². The molecule has 3 aromatic rings. The van der Waals surface area contributed by atoms with Gasteiger partial charge in [-0.2, -0.15) is 4.98 Å². The van der Waals surface area contributed by atoms with Gasteiger partial charge in [0, 0.05) is 0 Å². The number of nitrogens with zero attached hydrogens (tertiary/aromatic N) is 2. The van der Waals surface area contributed by atoms with Crippen LogP contribution in [0.4, 0.5) is 0 Å². The standard InChI is InChI=1S/C14H13N3O3S/c1-10-16-14(20-17-10)9-15-21(18,19)13-7-6-11-4-2-3-5-12(11)8-13/h2-8,15H,9H2,1H3. The highest BCUT2D eigenvalue weighted by molar-refractivity contribution is 7.89. The van der Waals surface area contributed by atoms with Crippen LogP contribution >= 0.6 is 0 Å². The van der Waals surface area contributed by atoms with Crippen molar-refractivity contribution in [2.24, 2.45) is 0 Å². The smallest absolute Gasteiger partial charge is 0.241 e. The fourth-order valence-electron chi connectivity index (χ4n) is 1.99. The predicted molar refractivity (Wildman–Crippen MR) is 77.0 cm³/mol. The maximum absolute atomic E-state index is 12.3. The van der Waals surface area contributed by atoms with Gasteiger partial charge in [-0.05, 0) is 29.8 Å². The molecular weight excluding hydrogens is 290 g/mol. The van der Waals surface area contributed by atoms with Crippen molar-refractivity contribution in [1.29, 1.82) is 0 Å². The Morgan fingerprint density at radius 2 is 1.90 bits per heavy atom. The quantitative estimate of drug-likeness (QED) is 0.797. The molecule has 21 heavy (non-hydrogen) atoms. The normalized spacial score (nSPS) is 11.9. The summed E-state index contributed by atoms with van der Waals surface area (Å²) < 4.78 is 31.8. The van der Waals surface area contributed by atoms with Crippen molar-refractivity contribution < 1.29 is 12.9 Å². The van der Waals surface area contributed by atoms with Crippen LogP contribution in [0.5, 0.6) is 0 Å². The van der Waals surface area contributed by atoms with Crippen molar-refractivity contribution in [1.82, 2.24) is 14.9 Å². The lowest BCUT2D eigenvalue weighted by atomic mass is 10.1. The zero-order chi connectivity index (χ0) is 14.9. The van der Waals surface area contributed by atoms with E-state index in [1.165, 1.54) is 0 Å². The Morgan fingerprint density at radius 3 is 2.62 bits per heavy atom. The molecule has 7 heteroatoms. The number of aromatic nitrogens is 2. The van der Waals surface area contributed by atoms with Crippen LogP contribution in [0.3, 0.4) is 0 Å². The van der Waals surface area contributed by atoms with Crippen LogP contribution < -0.4 is 4.72 Å². The van der Waals surface area contributed by atoms with E-state index in [0.717, 1.165) is 10.8 Å². The third-order valence-electron chi connectivity index (χ3n) is 3.01. The van der Waals surface area contributed by atoms with Crippen LogP contribution in [0.1, 0.15) is 11.7 Å². The summed E-state index contributed by atoms with van der Waals surface area (Å²) in [5.74, 6) is 0.701. The highest BCUT2D eigenvalue weighted by Gasteiger charge is 2.15. The number of fused-ring (bicyclic) bond motifs is 1. The Labute approximate surface area is 121 Å². The lowest BCUT2D eigenvalue weighted by molar-refractivity contribution is 0.372. The minimum Gasteiger partial charge on any atom is -0.338 e. The van der Waals surface area contributed by atoms with Gasteiger partial charge in [0.15, 0.2) is 5.82 Å². The first-order chi connectivity index (χ1) is 10.0. The summed E-state index contributed by atoms with van der Waals surface area (Å²) in [7, 11) is -3.62. The number of hydrogen-bond acceptors (Lipinski definition) is 5. The second-order valence-electron chi connectivity index (χ2n) is 4.57. The summed E-state index contributed by atoms with van der Waals surface area (Å²) in [6.45, 7) is 1.64. The summed E-state index contributed by atoms with van der Waals surface area (Å²) in [6, 6.07) is 12.6. The van der Waals surface area contributed by atoms with Crippen LogP contribution in [0.25, 0.3) is 10.8 Å². The molecule has 0 radical (unpaired) electrons. The third-order valence-corrected chi connectivity index (χ3v) is 4.41. The van der Waals surface area contributed by atoms with E-state index in [9.17, 15) is 8.42 Å². The Bertz CT molecular complexity index is 887. The Hall–Kier alpha value is -2.25. The topological polar surface area (TPSA) is 85.1 Å². The molecule has 1 heterocycles. The summed E-state index contributed by atoms with van der Waals surface area (Å²) in [5, 5.41) is 5.47. The van der Waals surface area contributed by atoms with Gasteiger partial charge in [-0.15, -0.1) is 0 Å². The van der Waals surface area contributed by atoms with E-state index in [-0.39, 0.29) is 17.3 Å². The molecule has 0 aliphatic rings. The molecule has 0 saturated heterocycles. The minimum absolute atomic E-state index is 0.0317. The van der Waals surface area contributed by atoms with E-state index in [1.54, 1.807) is 25.1 Å². The summed E-state index contributed by atoms with van der Waals surface area (Å²) in [6.07, 6.45) is 0. The molecule has 0 aliphatic carbocycles. The van der Waals surface area contributed by atoms with Gasteiger partial charge < -0.3 is 4.52 Å². The predicted octanol–water partition coefficient (Wildman–Crippen LogP) is 2.01. The molecule has 6 nitrogen and oxygen atoms in total. The average molecular weight is 303 g/mol. The number of hydrogen-bond donors (Lipinski definition) is 1. The van der Waals surface area contributed by atoms with Crippen LogP contribution in [-0.4, -0.2) is 18.6 Å². The van der Waals surface area contributed by atoms with Gasteiger partial charge >= 0.3 is 0 Å². The van der Waals surface area contributed by atoms with E-state index in [0.29, 0.717) is 5.82 Å². The van der Waals surface area contributed by atoms with Crippen molar-refractivity contribution in [2.75, 3.05) is 0 Å². The van der Waals surface area contributed by atoms with Gasteiger partial charge in [0.1, 0.15) is 0 Å². The van der Waals surface area contributed by atoms with Crippen molar-refractivity contribution in [2.45, 2.75) is 18.4 Å². The Kier molecular flexibility index (Phi) is 3.44. The van der Waals surface area contributed by atoms with Gasteiger partial charge in [0.25, 0.3) is 0 Å². The molecule has 0 amide bonds. The van der Waals surface area contributed by atoms with Crippen LogP contribution in [0.2, 0.25) is 0 Å². The monoisotopic (exact) mass is 303 g/mol. The Morgan fingerprint density at radius 1 is 1.14 bits per heavy atom. The summed E-state index contributed by atoms with van der Waals surface area (Å²) >= 11 is 0. The molecule has 0 spiro atoms. The van der Waals surface area contributed by atoms with E-state index in [2.05, 4.69) is 14.9 Å². The third kappa shape index (κ3) is 2.93. The molecule has 0 atom stereocenters. The summed E-state index contributed by atoms with van der Waals surface area (Å²) in [4.78, 5) is 4.16. The van der Waals surface area contributed by atoms with E-state index in [4.69, 9.17) is 4.52 Å². The van der Waals surface area contributed by atoms with E-state index in [1.807, 2.05) is 24.3 Å². The van der Waals surface area contributed by atoms with Gasteiger partial charge in [-0.3, -0.25) is 0 Å². The van der Waals surface area contributed by atoms with Gasteiger partial charge in [-0.1, -0.05) is 35.5 Å². The maximum atomic E-state index is 12.3. The van der Waals surface area contributed by atoms with Gasteiger partial charge in [-0.25, -0.2) is 13.1 Å². The molecule has 2 aromatic carbocycles. The number of nitrogens with one attached hydrogen (secondary N) is 1. The zero-order valence-electron chi connectivity index (χ0n) is 11.3. The zero-order valence-corrected chi connectivity index (χ0v) is 12.1. The molecule has 3 rings (SSSR count). The highest BCUT2D eigenvalue weighted by Crippen LogP contribution is 2.18. The van der Waals surface area contributed by atoms with Crippen LogP contribution in [0, 0.1) is 6.92 Å². The molecule has 0 aliphatic heterocycles. The Balaban J connectivity index is 1.85. The second kappa shape index (κ2) is 5.27. The molecule has 0 fully saturated rings. The molecule has 0 saturated carbocycles. The molecule has 108 valence electrons. The maximum Gasteiger partial charge on any atom is 0.241 e. The first-order valence-corrected chi connectivity index (χ1v) is 7.80. The summed E-state index contributed by atoms with van der Waals surface area (Å²) in [5.41, 5.74) is 0. The molecule has 1 aromatic heterocycles. The van der Waals surface area contributed by atoms with Crippen molar-refractivity contribution in [3.63, 3.8) is 0 Å². The molecule has 1 N–H and O–H groups in total. The number of aryl methyl sites for hydroxylation is 1. The van der Waals surface area contributed by atoms with Crippen LogP contribution in [-0.2, 0) is 16.6 Å². The number of benzene rings is 2. The fraction of sp³-hybridized carbons (Fsp3) is 0.143. The first-order valence-electron chi connectivity index (χ1n) is 6.32. The van der Waals surface area contributed by atoms with Crippen molar-refractivity contribution in [3.05, 3.63) is 54.2 Å². The molecule has 0 unspecified atom stereocenters. The molecule has 0 bridgehead atoms. The second-order valence-corrected chi connectivity index (χ2v) is 6.34. The largest absolute Gasteiger partial charge is 0.338 e. The van der Waals surface area contributed by atoms with E-state index < -0.39 is 10.0 Å². The van der Waals surface area contributed by atoms with Crippen molar-refractivity contribution in [3.8, 4) is 0 Å². The van der Waals surface area contributed by atoms with Crippen LogP contribution in [0.15, 0.2) is 51.9 Å². The fourth-order valence-corrected chi connectivity index (χ4v) is 3.00.